The van der Waals surface area contributed by atoms with Gasteiger partial charge >= 0.3 is 0 Å². The number of rotatable bonds is 9. The van der Waals surface area contributed by atoms with E-state index in [1.165, 1.54) is 10.8 Å². The second-order valence-corrected chi connectivity index (χ2v) is 7.24. The fraction of sp³-hybridized carbons (Fsp3) is 0.160. The number of pyridine rings is 1. The summed E-state index contributed by atoms with van der Waals surface area (Å²) in [6.45, 7) is 2.33. The summed E-state index contributed by atoms with van der Waals surface area (Å²) < 4.78 is 11.8. The summed E-state index contributed by atoms with van der Waals surface area (Å²) in [4.78, 5) is 4.17. The Morgan fingerprint density at radius 2 is 1.67 bits per heavy atom. The predicted molar refractivity (Wildman–Crippen MR) is 121 cm³/mol. The molecule has 1 heterocycles. The third-order valence-corrected chi connectivity index (χ3v) is 5.18. The first-order chi connectivity index (χ1) is 14.8. The number of aromatic nitrogens is 1. The second-order valence-electron chi connectivity index (χ2n) is 6.84. The summed E-state index contributed by atoms with van der Waals surface area (Å²) >= 11 is 6.28. The molecule has 0 fully saturated rings. The molecule has 4 rings (SSSR count). The molecule has 0 amide bonds. The molecule has 0 bridgehead atoms. The molecule has 152 valence electrons. The molecule has 1 aromatic heterocycles. The first-order valence-electron chi connectivity index (χ1n) is 9.92. The standard InChI is InChI=1S/C25H23ClN2O2/c26-23-10-4-2-8-20(23)18-30-24-13-12-19-7-1-3-9-21(19)22(24)17-27-15-16-29-25-11-5-6-14-28-25/h1-14,27H,15-18H2. The van der Waals surface area contributed by atoms with Gasteiger partial charge in [-0.1, -0.05) is 66.2 Å². The number of hydrogen-bond donors (Lipinski definition) is 1. The number of ether oxygens (including phenoxy) is 2. The van der Waals surface area contributed by atoms with Crippen LogP contribution in [-0.2, 0) is 13.2 Å². The van der Waals surface area contributed by atoms with Crippen molar-refractivity contribution < 1.29 is 9.47 Å². The third kappa shape index (κ3) is 5.09. The molecule has 5 heteroatoms. The fourth-order valence-electron chi connectivity index (χ4n) is 3.28. The molecule has 0 spiro atoms. The van der Waals surface area contributed by atoms with Gasteiger partial charge in [0.15, 0.2) is 0 Å². The molecule has 3 aromatic carbocycles. The third-order valence-electron chi connectivity index (χ3n) is 4.81. The van der Waals surface area contributed by atoms with Crippen molar-refractivity contribution in [1.82, 2.24) is 10.3 Å². The Balaban J connectivity index is 1.44. The SMILES string of the molecule is Clc1ccccc1COc1ccc2ccccc2c1CNCCOc1ccccn1. The van der Waals surface area contributed by atoms with E-state index in [-0.39, 0.29) is 0 Å². The van der Waals surface area contributed by atoms with Crippen molar-refractivity contribution in [3.05, 3.63) is 101 Å². The monoisotopic (exact) mass is 418 g/mol. The number of hydrogen-bond acceptors (Lipinski definition) is 4. The van der Waals surface area contributed by atoms with E-state index < -0.39 is 0 Å². The van der Waals surface area contributed by atoms with Gasteiger partial charge in [-0.3, -0.25) is 0 Å². The van der Waals surface area contributed by atoms with Crippen molar-refractivity contribution in [2.24, 2.45) is 0 Å². The zero-order valence-corrected chi connectivity index (χ0v) is 17.3. The summed E-state index contributed by atoms with van der Waals surface area (Å²) in [6.07, 6.45) is 1.72. The summed E-state index contributed by atoms with van der Waals surface area (Å²) in [5.74, 6) is 1.49. The molecular formula is C25H23ClN2O2. The van der Waals surface area contributed by atoms with Crippen LogP contribution in [0, 0.1) is 0 Å². The first kappa shape index (κ1) is 20.2. The largest absolute Gasteiger partial charge is 0.488 e. The van der Waals surface area contributed by atoms with Crippen LogP contribution in [0.5, 0.6) is 11.6 Å². The maximum atomic E-state index is 6.28. The van der Waals surface area contributed by atoms with Crippen LogP contribution in [0.2, 0.25) is 5.02 Å². The Labute approximate surface area is 181 Å². The van der Waals surface area contributed by atoms with Crippen molar-refractivity contribution in [3.8, 4) is 11.6 Å². The van der Waals surface area contributed by atoms with Crippen LogP contribution in [0.15, 0.2) is 85.1 Å². The minimum absolute atomic E-state index is 0.424. The van der Waals surface area contributed by atoms with Gasteiger partial charge in [-0.15, -0.1) is 0 Å². The van der Waals surface area contributed by atoms with E-state index in [0.717, 1.165) is 16.9 Å². The maximum absolute atomic E-state index is 6.28. The number of fused-ring (bicyclic) bond motifs is 1. The van der Waals surface area contributed by atoms with Crippen LogP contribution in [-0.4, -0.2) is 18.1 Å². The van der Waals surface area contributed by atoms with Crippen LogP contribution < -0.4 is 14.8 Å². The smallest absolute Gasteiger partial charge is 0.213 e. The minimum atomic E-state index is 0.424. The van der Waals surface area contributed by atoms with E-state index in [4.69, 9.17) is 21.1 Å². The highest BCUT2D eigenvalue weighted by Gasteiger charge is 2.10. The molecule has 0 atom stereocenters. The van der Waals surface area contributed by atoms with Gasteiger partial charge < -0.3 is 14.8 Å². The van der Waals surface area contributed by atoms with Gasteiger partial charge in [0.1, 0.15) is 19.0 Å². The lowest BCUT2D eigenvalue weighted by molar-refractivity contribution is 0.295. The van der Waals surface area contributed by atoms with E-state index in [1.54, 1.807) is 6.20 Å². The Kier molecular flexibility index (Phi) is 6.80. The molecule has 1 N–H and O–H groups in total. The zero-order chi connectivity index (χ0) is 20.6. The average Bonchev–Trinajstić information content (AvgIpc) is 2.79. The summed E-state index contributed by atoms with van der Waals surface area (Å²) in [6, 6.07) is 25.8. The summed E-state index contributed by atoms with van der Waals surface area (Å²) in [7, 11) is 0. The quantitative estimate of drug-likeness (QED) is 0.357. The highest BCUT2D eigenvalue weighted by Crippen LogP contribution is 2.29. The number of nitrogens with one attached hydrogen (secondary N) is 1. The van der Waals surface area contributed by atoms with E-state index in [2.05, 4.69) is 28.5 Å². The Bertz CT molecular complexity index is 1100. The van der Waals surface area contributed by atoms with E-state index in [0.29, 0.717) is 37.2 Å². The lowest BCUT2D eigenvalue weighted by Gasteiger charge is -2.16. The molecule has 0 aliphatic heterocycles. The molecule has 0 radical (unpaired) electrons. The van der Waals surface area contributed by atoms with Crippen LogP contribution in [0.25, 0.3) is 10.8 Å². The maximum Gasteiger partial charge on any atom is 0.213 e. The van der Waals surface area contributed by atoms with E-state index in [9.17, 15) is 0 Å². The van der Waals surface area contributed by atoms with Crippen molar-refractivity contribution >= 4 is 22.4 Å². The molecule has 0 saturated carbocycles. The van der Waals surface area contributed by atoms with Gasteiger partial charge in [0, 0.05) is 41.5 Å². The Morgan fingerprint density at radius 3 is 2.53 bits per heavy atom. The van der Waals surface area contributed by atoms with Crippen LogP contribution in [0.4, 0.5) is 0 Å². The number of benzene rings is 3. The molecule has 30 heavy (non-hydrogen) atoms. The molecule has 0 saturated heterocycles. The van der Waals surface area contributed by atoms with E-state index >= 15 is 0 Å². The van der Waals surface area contributed by atoms with Gasteiger partial charge in [-0.2, -0.15) is 0 Å². The topological polar surface area (TPSA) is 43.4 Å². The van der Waals surface area contributed by atoms with Crippen LogP contribution >= 0.6 is 11.6 Å². The molecular weight excluding hydrogens is 396 g/mol. The van der Waals surface area contributed by atoms with Crippen molar-refractivity contribution in [3.63, 3.8) is 0 Å². The highest BCUT2D eigenvalue weighted by atomic mass is 35.5. The zero-order valence-electron chi connectivity index (χ0n) is 16.6. The molecule has 4 nitrogen and oxygen atoms in total. The van der Waals surface area contributed by atoms with Gasteiger partial charge in [0.05, 0.1) is 0 Å². The van der Waals surface area contributed by atoms with Gasteiger partial charge in [0.25, 0.3) is 0 Å². The van der Waals surface area contributed by atoms with Crippen molar-refractivity contribution in [2.45, 2.75) is 13.2 Å². The number of nitrogens with zero attached hydrogens (tertiary/aromatic N) is 1. The molecule has 4 aromatic rings. The molecule has 0 aliphatic rings. The fourth-order valence-corrected chi connectivity index (χ4v) is 3.47. The second kappa shape index (κ2) is 10.1. The molecule has 0 unspecified atom stereocenters. The van der Waals surface area contributed by atoms with Gasteiger partial charge in [0.2, 0.25) is 5.88 Å². The first-order valence-corrected chi connectivity index (χ1v) is 10.3. The van der Waals surface area contributed by atoms with Gasteiger partial charge in [-0.05, 0) is 29.0 Å². The number of halogens is 1. The van der Waals surface area contributed by atoms with E-state index in [1.807, 2.05) is 60.7 Å². The predicted octanol–water partition coefficient (Wildman–Crippen LogP) is 5.64. The minimum Gasteiger partial charge on any atom is -0.488 e. The lowest BCUT2D eigenvalue weighted by atomic mass is 10.0. The summed E-state index contributed by atoms with van der Waals surface area (Å²) in [5, 5.41) is 6.53. The summed E-state index contributed by atoms with van der Waals surface area (Å²) in [5.41, 5.74) is 2.09. The van der Waals surface area contributed by atoms with Crippen LogP contribution in [0.1, 0.15) is 11.1 Å². The van der Waals surface area contributed by atoms with Crippen molar-refractivity contribution in [1.29, 1.82) is 0 Å². The normalized spacial score (nSPS) is 10.8. The van der Waals surface area contributed by atoms with Crippen molar-refractivity contribution in [2.75, 3.05) is 13.2 Å². The molecule has 0 aliphatic carbocycles. The van der Waals surface area contributed by atoms with Crippen LogP contribution in [0.3, 0.4) is 0 Å². The average molecular weight is 419 g/mol. The van der Waals surface area contributed by atoms with Gasteiger partial charge in [-0.25, -0.2) is 4.98 Å². The highest BCUT2D eigenvalue weighted by molar-refractivity contribution is 6.31. The Morgan fingerprint density at radius 1 is 0.833 bits per heavy atom. The lowest BCUT2D eigenvalue weighted by Crippen LogP contribution is -2.21. The Hall–Kier alpha value is -3.08.